The Morgan fingerprint density at radius 3 is 3.15 bits per heavy atom. The Bertz CT molecular complexity index is 405. The molecule has 0 fully saturated rings. The summed E-state index contributed by atoms with van der Waals surface area (Å²) < 4.78 is 2.01. The molecule has 0 aliphatic rings. The van der Waals surface area contributed by atoms with Gasteiger partial charge in [0.25, 0.3) is 0 Å². The van der Waals surface area contributed by atoms with Gasteiger partial charge in [0, 0.05) is 36.7 Å². The summed E-state index contributed by atoms with van der Waals surface area (Å²) in [5.74, 6) is 0. The van der Waals surface area contributed by atoms with E-state index in [1.165, 1.54) is 0 Å². The molecule has 0 radical (unpaired) electrons. The lowest BCUT2D eigenvalue weighted by Gasteiger charge is -2.03. The van der Waals surface area contributed by atoms with E-state index in [1.54, 1.807) is 12.4 Å². The molecule has 0 amide bonds. The summed E-state index contributed by atoms with van der Waals surface area (Å²) in [6.45, 7) is 1.99. The van der Waals surface area contributed by atoms with Crippen LogP contribution in [0.3, 0.4) is 0 Å². The minimum atomic E-state index is 0.160. The van der Waals surface area contributed by atoms with Gasteiger partial charge in [-0.15, -0.1) is 0 Å². The van der Waals surface area contributed by atoms with Crippen LogP contribution < -0.4 is 5.73 Å². The highest BCUT2D eigenvalue weighted by atomic mass is 15.0. The largest absolute Gasteiger partial charge is 0.328 e. The van der Waals surface area contributed by atoms with Gasteiger partial charge in [-0.05, 0) is 6.92 Å². The lowest BCUT2D eigenvalue weighted by Crippen LogP contribution is -2.18. The zero-order valence-electron chi connectivity index (χ0n) is 7.51. The molecule has 0 aromatic carbocycles. The first-order valence-corrected chi connectivity index (χ1v) is 4.29. The van der Waals surface area contributed by atoms with Crippen LogP contribution in [0.1, 0.15) is 12.6 Å². The van der Waals surface area contributed by atoms with E-state index in [-0.39, 0.29) is 6.04 Å². The number of rotatable bonds is 2. The van der Waals surface area contributed by atoms with Gasteiger partial charge in [-0.25, -0.2) is 4.98 Å². The fraction of sp³-hybridized carbons (Fsp3) is 0.333. The molecular formula is C9H12N4. The van der Waals surface area contributed by atoms with Crippen LogP contribution >= 0.6 is 0 Å². The molecule has 4 nitrogen and oxygen atoms in total. The Labute approximate surface area is 76.4 Å². The smallest absolute Gasteiger partial charge is 0.155 e. The Kier molecular flexibility index (Phi) is 1.98. The van der Waals surface area contributed by atoms with Gasteiger partial charge < -0.3 is 10.1 Å². The van der Waals surface area contributed by atoms with Crippen molar-refractivity contribution in [3.05, 3.63) is 30.5 Å². The molecule has 2 rings (SSSR count). The lowest BCUT2D eigenvalue weighted by atomic mass is 10.2. The second-order valence-corrected chi connectivity index (χ2v) is 3.24. The number of hydrogen-bond donors (Lipinski definition) is 1. The highest BCUT2D eigenvalue weighted by molar-refractivity contribution is 5.36. The number of hydrogen-bond acceptors (Lipinski definition) is 3. The van der Waals surface area contributed by atoms with E-state index in [1.807, 2.05) is 23.7 Å². The van der Waals surface area contributed by atoms with Crippen molar-refractivity contribution in [2.24, 2.45) is 5.73 Å². The highest BCUT2D eigenvalue weighted by Crippen LogP contribution is 2.06. The first-order valence-electron chi connectivity index (χ1n) is 4.29. The lowest BCUT2D eigenvalue weighted by molar-refractivity contribution is 0.716. The maximum Gasteiger partial charge on any atom is 0.155 e. The summed E-state index contributed by atoms with van der Waals surface area (Å²) >= 11 is 0. The van der Waals surface area contributed by atoms with Gasteiger partial charge in [-0.1, -0.05) is 0 Å². The van der Waals surface area contributed by atoms with E-state index >= 15 is 0 Å². The summed E-state index contributed by atoms with van der Waals surface area (Å²) in [5, 5.41) is 0. The Morgan fingerprint density at radius 1 is 1.54 bits per heavy atom. The van der Waals surface area contributed by atoms with Crippen LogP contribution in [0.5, 0.6) is 0 Å². The van der Waals surface area contributed by atoms with E-state index in [4.69, 9.17) is 5.73 Å². The van der Waals surface area contributed by atoms with Crippen LogP contribution in [0.15, 0.2) is 24.8 Å². The van der Waals surface area contributed by atoms with Crippen LogP contribution in [0.4, 0.5) is 0 Å². The molecule has 1 atom stereocenters. The first kappa shape index (κ1) is 8.19. The second kappa shape index (κ2) is 3.14. The third-order valence-electron chi connectivity index (χ3n) is 1.93. The van der Waals surface area contributed by atoms with E-state index in [2.05, 4.69) is 9.97 Å². The van der Waals surface area contributed by atoms with Crippen LogP contribution in [-0.2, 0) is 6.42 Å². The predicted octanol–water partition coefficient (Wildman–Crippen LogP) is 0.619. The number of imidazole rings is 1. The average molecular weight is 176 g/mol. The maximum atomic E-state index is 5.72. The van der Waals surface area contributed by atoms with E-state index < -0.39 is 0 Å². The van der Waals surface area contributed by atoms with Crippen LogP contribution in [0.25, 0.3) is 5.65 Å². The molecule has 0 spiro atoms. The third kappa shape index (κ3) is 1.53. The van der Waals surface area contributed by atoms with Crippen molar-refractivity contribution in [2.45, 2.75) is 19.4 Å². The maximum absolute atomic E-state index is 5.72. The molecule has 0 aliphatic heterocycles. The molecule has 13 heavy (non-hydrogen) atoms. The molecular weight excluding hydrogens is 164 g/mol. The zero-order valence-corrected chi connectivity index (χ0v) is 7.51. The Balaban J connectivity index is 2.46. The first-order chi connectivity index (χ1) is 6.27. The fourth-order valence-corrected chi connectivity index (χ4v) is 1.38. The van der Waals surface area contributed by atoms with E-state index in [9.17, 15) is 0 Å². The molecule has 4 heteroatoms. The molecule has 0 saturated carbocycles. The van der Waals surface area contributed by atoms with E-state index in [0.717, 1.165) is 17.8 Å². The quantitative estimate of drug-likeness (QED) is 0.729. The van der Waals surface area contributed by atoms with Crippen molar-refractivity contribution in [1.29, 1.82) is 0 Å². The van der Waals surface area contributed by atoms with Crippen molar-refractivity contribution in [3.8, 4) is 0 Å². The minimum Gasteiger partial charge on any atom is -0.328 e. The van der Waals surface area contributed by atoms with Gasteiger partial charge in [0.2, 0.25) is 0 Å². The molecule has 2 heterocycles. The average Bonchev–Trinajstić information content (AvgIpc) is 2.48. The fourth-order valence-electron chi connectivity index (χ4n) is 1.38. The Morgan fingerprint density at radius 2 is 2.38 bits per heavy atom. The topological polar surface area (TPSA) is 56.2 Å². The van der Waals surface area contributed by atoms with Gasteiger partial charge in [0.15, 0.2) is 5.65 Å². The summed E-state index contributed by atoms with van der Waals surface area (Å²) in [5.41, 5.74) is 7.72. The molecule has 2 aromatic heterocycles. The molecule has 68 valence electrons. The molecule has 0 unspecified atom stereocenters. The third-order valence-corrected chi connectivity index (χ3v) is 1.93. The van der Waals surface area contributed by atoms with Gasteiger partial charge >= 0.3 is 0 Å². The normalized spacial score (nSPS) is 13.4. The number of nitrogens with zero attached hydrogens (tertiary/aromatic N) is 3. The number of nitrogens with two attached hydrogens (primary N) is 1. The van der Waals surface area contributed by atoms with Gasteiger partial charge in [-0.2, -0.15) is 0 Å². The molecule has 0 saturated heterocycles. The van der Waals surface area contributed by atoms with Crippen LogP contribution in [0.2, 0.25) is 0 Å². The summed E-state index contributed by atoms with van der Waals surface area (Å²) in [6.07, 6.45) is 8.08. The summed E-state index contributed by atoms with van der Waals surface area (Å²) in [6, 6.07) is 0.160. The van der Waals surface area contributed by atoms with Crippen molar-refractivity contribution in [1.82, 2.24) is 14.4 Å². The molecule has 0 bridgehead atoms. The van der Waals surface area contributed by atoms with Crippen molar-refractivity contribution < 1.29 is 0 Å². The van der Waals surface area contributed by atoms with E-state index in [0.29, 0.717) is 0 Å². The monoisotopic (exact) mass is 176 g/mol. The van der Waals surface area contributed by atoms with Gasteiger partial charge in [0.1, 0.15) is 0 Å². The van der Waals surface area contributed by atoms with Gasteiger partial charge in [-0.3, -0.25) is 4.98 Å². The summed E-state index contributed by atoms with van der Waals surface area (Å²) in [7, 11) is 0. The Hall–Kier alpha value is -1.42. The van der Waals surface area contributed by atoms with Crippen molar-refractivity contribution in [2.75, 3.05) is 0 Å². The molecule has 2 N–H and O–H groups in total. The SMILES string of the molecule is C[C@@H](N)Cc1cnc2cnccn12. The number of aromatic nitrogens is 3. The minimum absolute atomic E-state index is 0.160. The standard InChI is InChI=1S/C9H12N4/c1-7(10)4-8-5-12-9-6-11-2-3-13(8)9/h2-3,5-7H,4,10H2,1H3/t7-/m1/s1. The van der Waals surface area contributed by atoms with Crippen LogP contribution in [0, 0.1) is 0 Å². The summed E-state index contributed by atoms with van der Waals surface area (Å²) in [4.78, 5) is 8.21. The van der Waals surface area contributed by atoms with Crippen LogP contribution in [-0.4, -0.2) is 20.4 Å². The highest BCUT2D eigenvalue weighted by Gasteiger charge is 2.04. The number of fused-ring (bicyclic) bond motifs is 1. The van der Waals surface area contributed by atoms with Gasteiger partial charge in [0.05, 0.1) is 6.20 Å². The molecule has 0 aliphatic carbocycles. The second-order valence-electron chi connectivity index (χ2n) is 3.24. The van der Waals surface area contributed by atoms with Crippen molar-refractivity contribution in [3.63, 3.8) is 0 Å². The van der Waals surface area contributed by atoms with Crippen molar-refractivity contribution >= 4 is 5.65 Å². The predicted molar refractivity (Wildman–Crippen MR) is 50.3 cm³/mol. The molecule has 2 aromatic rings. The zero-order chi connectivity index (χ0) is 9.26.